The van der Waals surface area contributed by atoms with Crippen LogP contribution in [-0.2, 0) is 12.7 Å². The second kappa shape index (κ2) is 7.68. The van der Waals surface area contributed by atoms with Crippen molar-refractivity contribution in [2.24, 2.45) is 0 Å². The van der Waals surface area contributed by atoms with E-state index in [1.165, 1.54) is 6.07 Å². The number of nitrogens with one attached hydrogen (secondary N) is 1. The molecule has 120 valence electrons. The molecule has 0 aliphatic carbocycles. The Hall–Kier alpha value is -0.490. The minimum Gasteiger partial charge on any atom is -0.318 e. The lowest BCUT2D eigenvalue weighted by Gasteiger charge is -2.24. The molecule has 1 N–H and O–H groups in total. The van der Waals surface area contributed by atoms with Crippen molar-refractivity contribution in [2.45, 2.75) is 31.6 Å². The fourth-order valence-electron chi connectivity index (χ4n) is 2.71. The van der Waals surface area contributed by atoms with Crippen LogP contribution in [0.2, 0.25) is 5.02 Å². The zero-order valence-electron chi connectivity index (χ0n) is 11.7. The topological polar surface area (TPSA) is 15.3 Å². The van der Waals surface area contributed by atoms with Crippen LogP contribution in [0, 0.1) is 0 Å². The van der Waals surface area contributed by atoms with Gasteiger partial charge < -0.3 is 5.32 Å². The summed E-state index contributed by atoms with van der Waals surface area (Å²) < 4.78 is 38.3. The first-order valence-corrected chi connectivity index (χ1v) is 7.03. The van der Waals surface area contributed by atoms with Crippen molar-refractivity contribution < 1.29 is 13.2 Å². The van der Waals surface area contributed by atoms with E-state index in [0.29, 0.717) is 18.2 Å². The van der Waals surface area contributed by atoms with E-state index in [2.05, 4.69) is 10.2 Å². The van der Waals surface area contributed by atoms with Crippen molar-refractivity contribution in [1.82, 2.24) is 10.2 Å². The molecule has 21 heavy (non-hydrogen) atoms. The number of likely N-dealkylation sites (tertiary alicyclic amines) is 1. The Kier molecular flexibility index (Phi) is 6.78. The fraction of sp³-hybridized carbons (Fsp3) is 0.571. The molecule has 0 spiro atoms. The Morgan fingerprint density at radius 2 is 2.05 bits per heavy atom. The average Bonchev–Trinajstić information content (AvgIpc) is 2.75. The zero-order chi connectivity index (χ0) is 14.8. The van der Waals surface area contributed by atoms with Crippen molar-refractivity contribution in [2.75, 3.05) is 20.1 Å². The van der Waals surface area contributed by atoms with E-state index in [1.807, 2.05) is 7.05 Å². The molecule has 7 heteroatoms. The van der Waals surface area contributed by atoms with Gasteiger partial charge >= 0.3 is 6.18 Å². The van der Waals surface area contributed by atoms with Gasteiger partial charge in [-0.3, -0.25) is 4.90 Å². The number of benzene rings is 1. The van der Waals surface area contributed by atoms with Gasteiger partial charge in [-0.1, -0.05) is 11.6 Å². The third kappa shape index (κ3) is 5.02. The summed E-state index contributed by atoms with van der Waals surface area (Å²) in [5.74, 6) is 0. The quantitative estimate of drug-likeness (QED) is 0.890. The van der Waals surface area contributed by atoms with Crippen LogP contribution in [0.3, 0.4) is 0 Å². The van der Waals surface area contributed by atoms with Gasteiger partial charge in [0.05, 0.1) is 5.56 Å². The summed E-state index contributed by atoms with van der Waals surface area (Å²) in [6.07, 6.45) is -2.19. The van der Waals surface area contributed by atoms with E-state index in [9.17, 15) is 13.2 Å². The van der Waals surface area contributed by atoms with E-state index in [4.69, 9.17) is 11.6 Å². The van der Waals surface area contributed by atoms with E-state index in [1.54, 1.807) is 6.07 Å². The number of alkyl halides is 3. The molecule has 0 radical (unpaired) electrons. The van der Waals surface area contributed by atoms with Crippen LogP contribution < -0.4 is 5.32 Å². The molecule has 1 unspecified atom stereocenters. The van der Waals surface area contributed by atoms with Gasteiger partial charge in [0.15, 0.2) is 0 Å². The Bertz CT molecular complexity index is 466. The highest BCUT2D eigenvalue weighted by molar-refractivity contribution is 6.30. The minimum absolute atomic E-state index is 0. The molecular formula is C14H19Cl2F3N2. The summed E-state index contributed by atoms with van der Waals surface area (Å²) in [7, 11) is 1.89. The molecule has 1 aromatic rings. The summed E-state index contributed by atoms with van der Waals surface area (Å²) in [5.41, 5.74) is -0.0582. The Morgan fingerprint density at radius 1 is 1.33 bits per heavy atom. The van der Waals surface area contributed by atoms with Crippen molar-refractivity contribution in [3.8, 4) is 0 Å². The van der Waals surface area contributed by atoms with E-state index < -0.39 is 11.7 Å². The van der Waals surface area contributed by atoms with Crippen LogP contribution >= 0.6 is 24.0 Å². The molecule has 1 heterocycles. The van der Waals surface area contributed by atoms with Gasteiger partial charge in [0.1, 0.15) is 0 Å². The highest BCUT2D eigenvalue weighted by atomic mass is 35.5. The smallest absolute Gasteiger partial charge is 0.318 e. The Balaban J connectivity index is 0.00000220. The van der Waals surface area contributed by atoms with Crippen molar-refractivity contribution in [1.29, 1.82) is 0 Å². The standard InChI is InChI=1S/C14H18ClF3N2.ClH/c1-19-8-13-3-2-4-20(13)9-10-5-11(14(16,17)18)7-12(15)6-10;/h5-7,13,19H,2-4,8-9H2,1H3;1H. The molecule has 1 aliphatic heterocycles. The fourth-order valence-corrected chi connectivity index (χ4v) is 2.97. The van der Waals surface area contributed by atoms with Gasteiger partial charge in [-0.2, -0.15) is 13.2 Å². The van der Waals surface area contributed by atoms with Crippen molar-refractivity contribution >= 4 is 24.0 Å². The largest absolute Gasteiger partial charge is 0.416 e. The van der Waals surface area contributed by atoms with Gasteiger partial charge in [-0.25, -0.2) is 0 Å². The molecule has 0 saturated carbocycles. The highest BCUT2D eigenvalue weighted by Crippen LogP contribution is 2.32. The first kappa shape index (κ1) is 18.6. The predicted octanol–water partition coefficient (Wildman–Crippen LogP) is 3.96. The van der Waals surface area contributed by atoms with Gasteiger partial charge in [-0.15, -0.1) is 12.4 Å². The maximum atomic E-state index is 12.8. The first-order chi connectivity index (χ1) is 9.40. The van der Waals surface area contributed by atoms with Crippen LogP contribution in [0.15, 0.2) is 18.2 Å². The molecule has 2 rings (SSSR count). The minimum atomic E-state index is -4.35. The van der Waals surface area contributed by atoms with Crippen LogP contribution in [0.4, 0.5) is 13.2 Å². The SMILES string of the molecule is CNCC1CCCN1Cc1cc(Cl)cc(C(F)(F)F)c1.Cl. The number of halogens is 5. The molecule has 0 aromatic heterocycles. The normalized spacial score (nSPS) is 19.6. The second-order valence-corrected chi connectivity index (χ2v) is 5.61. The first-order valence-electron chi connectivity index (χ1n) is 6.65. The summed E-state index contributed by atoms with van der Waals surface area (Å²) in [6, 6.07) is 4.17. The molecule has 2 nitrogen and oxygen atoms in total. The molecule has 1 atom stereocenters. The van der Waals surface area contributed by atoms with Gasteiger partial charge in [-0.05, 0) is 50.2 Å². The maximum Gasteiger partial charge on any atom is 0.416 e. The molecule has 1 aliphatic rings. The monoisotopic (exact) mass is 342 g/mol. The average molecular weight is 343 g/mol. The third-order valence-electron chi connectivity index (χ3n) is 3.61. The molecular weight excluding hydrogens is 324 g/mol. The predicted molar refractivity (Wildman–Crippen MR) is 81.1 cm³/mol. The van der Waals surface area contributed by atoms with Gasteiger partial charge in [0.2, 0.25) is 0 Å². The molecule has 1 fully saturated rings. The summed E-state index contributed by atoms with van der Waals surface area (Å²) in [6.45, 7) is 2.28. The summed E-state index contributed by atoms with van der Waals surface area (Å²) in [5, 5.41) is 3.26. The van der Waals surface area contributed by atoms with Crippen molar-refractivity contribution in [3.63, 3.8) is 0 Å². The molecule has 1 aromatic carbocycles. The number of rotatable bonds is 4. The van der Waals surface area contributed by atoms with Crippen LogP contribution in [0.5, 0.6) is 0 Å². The second-order valence-electron chi connectivity index (χ2n) is 5.17. The number of likely N-dealkylation sites (N-methyl/N-ethyl adjacent to an activating group) is 1. The summed E-state index contributed by atoms with van der Waals surface area (Å²) in [4.78, 5) is 2.21. The molecule has 0 amide bonds. The lowest BCUT2D eigenvalue weighted by atomic mass is 10.1. The number of hydrogen-bond acceptors (Lipinski definition) is 2. The lowest BCUT2D eigenvalue weighted by Crippen LogP contribution is -2.36. The summed E-state index contributed by atoms with van der Waals surface area (Å²) >= 11 is 5.81. The van der Waals surface area contributed by atoms with E-state index >= 15 is 0 Å². The lowest BCUT2D eigenvalue weighted by molar-refractivity contribution is -0.137. The zero-order valence-corrected chi connectivity index (χ0v) is 13.3. The number of hydrogen-bond donors (Lipinski definition) is 1. The molecule has 0 bridgehead atoms. The Labute approximate surface area is 134 Å². The Morgan fingerprint density at radius 3 is 2.67 bits per heavy atom. The number of nitrogens with zero attached hydrogens (tertiary/aromatic N) is 1. The third-order valence-corrected chi connectivity index (χ3v) is 3.83. The van der Waals surface area contributed by atoms with Gasteiger partial charge in [0.25, 0.3) is 0 Å². The maximum absolute atomic E-state index is 12.8. The van der Waals surface area contributed by atoms with Crippen LogP contribution in [-0.4, -0.2) is 31.1 Å². The van der Waals surface area contributed by atoms with E-state index in [-0.39, 0.29) is 17.4 Å². The van der Waals surface area contributed by atoms with E-state index in [0.717, 1.165) is 32.0 Å². The van der Waals surface area contributed by atoms with Crippen molar-refractivity contribution in [3.05, 3.63) is 34.3 Å². The highest BCUT2D eigenvalue weighted by Gasteiger charge is 2.31. The van der Waals surface area contributed by atoms with Gasteiger partial charge in [0, 0.05) is 24.2 Å². The van der Waals surface area contributed by atoms with Crippen LogP contribution in [0.25, 0.3) is 0 Å². The molecule has 1 saturated heterocycles. The van der Waals surface area contributed by atoms with Crippen LogP contribution in [0.1, 0.15) is 24.0 Å².